The summed E-state index contributed by atoms with van der Waals surface area (Å²) in [4.78, 5) is 0. The van der Waals surface area contributed by atoms with Gasteiger partial charge < -0.3 is 4.48 Å². The number of unbranched alkanes of at least 4 members (excludes halogenated alkanes) is 25. The summed E-state index contributed by atoms with van der Waals surface area (Å²) >= 11 is 0. The summed E-state index contributed by atoms with van der Waals surface area (Å²) in [5.74, 6) is 0.956. The molecule has 0 aromatic carbocycles. The molecule has 236 valence electrons. The highest BCUT2D eigenvalue weighted by Gasteiger charge is 2.21. The number of hydrogen-bond donors (Lipinski definition) is 0. The van der Waals surface area contributed by atoms with Crippen molar-refractivity contribution in [2.75, 3.05) is 27.2 Å². The van der Waals surface area contributed by atoms with Crippen LogP contribution in [0.1, 0.15) is 213 Å². The normalized spacial score (nSPS) is 12.8. The second-order valence-corrected chi connectivity index (χ2v) is 14.1. The first-order valence-corrected chi connectivity index (χ1v) is 18.9. The van der Waals surface area contributed by atoms with Crippen LogP contribution in [0.4, 0.5) is 0 Å². The minimum atomic E-state index is 0.956. The quantitative estimate of drug-likeness (QED) is 0.0563. The summed E-state index contributed by atoms with van der Waals surface area (Å²) < 4.78 is 1.26. The zero-order chi connectivity index (χ0) is 28.7. The highest BCUT2D eigenvalue weighted by molar-refractivity contribution is 4.62. The second kappa shape index (κ2) is 30.9. The van der Waals surface area contributed by atoms with Crippen molar-refractivity contribution in [2.45, 2.75) is 213 Å². The van der Waals surface area contributed by atoms with Crippen LogP contribution in [-0.2, 0) is 0 Å². The smallest absolute Gasteiger partial charge is 0.0811 e. The van der Waals surface area contributed by atoms with Gasteiger partial charge in [0.15, 0.2) is 0 Å². The molecule has 0 saturated carbocycles. The van der Waals surface area contributed by atoms with Crippen molar-refractivity contribution in [1.82, 2.24) is 0 Å². The third-order valence-corrected chi connectivity index (χ3v) is 9.30. The highest BCUT2D eigenvalue weighted by atomic mass is 15.3. The molecule has 0 aromatic heterocycles. The molecule has 1 heteroatoms. The van der Waals surface area contributed by atoms with Crippen molar-refractivity contribution in [1.29, 1.82) is 0 Å². The Hall–Kier alpha value is -0.0400. The van der Waals surface area contributed by atoms with Crippen molar-refractivity contribution >= 4 is 0 Å². The molecule has 0 spiro atoms. The summed E-state index contributed by atoms with van der Waals surface area (Å²) in [7, 11) is 5.07. The van der Waals surface area contributed by atoms with Gasteiger partial charge in [0.1, 0.15) is 0 Å². The van der Waals surface area contributed by atoms with Gasteiger partial charge in [0, 0.05) is 5.92 Å². The van der Waals surface area contributed by atoms with E-state index >= 15 is 0 Å². The molecule has 0 fully saturated rings. The fourth-order valence-corrected chi connectivity index (χ4v) is 6.63. The van der Waals surface area contributed by atoms with Crippen LogP contribution in [0.25, 0.3) is 0 Å². The van der Waals surface area contributed by atoms with Crippen molar-refractivity contribution in [3.05, 3.63) is 0 Å². The number of quaternary nitrogens is 1. The molecule has 0 saturated heterocycles. The van der Waals surface area contributed by atoms with Crippen molar-refractivity contribution in [3.8, 4) is 0 Å². The summed E-state index contributed by atoms with van der Waals surface area (Å²) in [6.45, 7) is 9.77. The first kappa shape index (κ1) is 39.0. The standard InChI is InChI=1S/C38H80N/c1-6-9-12-15-18-21-23-26-29-32-35-38(34-31-28-25-20-17-14-11-8-3)37-39(4,5)36-33-30-27-24-22-19-16-13-10-7-2/h38H,6-37H2,1-5H3/q+1. The zero-order valence-corrected chi connectivity index (χ0v) is 28.7. The third kappa shape index (κ3) is 30.7. The molecule has 0 aliphatic heterocycles. The SMILES string of the molecule is CCCCCCCCCCCCC(CCCCCCCCCC)C[N+](C)(C)CCCCCCCCCCCC. The van der Waals surface area contributed by atoms with Gasteiger partial charge in [-0.25, -0.2) is 0 Å². The van der Waals surface area contributed by atoms with Crippen LogP contribution in [0.15, 0.2) is 0 Å². The summed E-state index contributed by atoms with van der Waals surface area (Å²) in [6, 6.07) is 0. The van der Waals surface area contributed by atoms with Gasteiger partial charge in [0.2, 0.25) is 0 Å². The number of rotatable bonds is 33. The Bertz CT molecular complexity index is 442. The lowest BCUT2D eigenvalue weighted by atomic mass is 9.92. The van der Waals surface area contributed by atoms with E-state index in [1.807, 2.05) is 0 Å². The minimum Gasteiger partial charge on any atom is -0.328 e. The number of nitrogens with zero attached hydrogens (tertiary/aromatic N) is 1. The lowest BCUT2D eigenvalue weighted by Gasteiger charge is -2.34. The summed E-state index contributed by atoms with van der Waals surface area (Å²) in [5.41, 5.74) is 0. The van der Waals surface area contributed by atoms with Crippen molar-refractivity contribution in [2.24, 2.45) is 5.92 Å². The lowest BCUT2D eigenvalue weighted by Crippen LogP contribution is -2.44. The minimum absolute atomic E-state index is 0.956. The molecular weight excluding hydrogens is 470 g/mol. The average Bonchev–Trinajstić information content (AvgIpc) is 2.92. The van der Waals surface area contributed by atoms with E-state index in [9.17, 15) is 0 Å². The Morgan fingerprint density at radius 1 is 0.333 bits per heavy atom. The first-order valence-electron chi connectivity index (χ1n) is 18.9. The van der Waals surface area contributed by atoms with E-state index < -0.39 is 0 Å². The molecule has 39 heavy (non-hydrogen) atoms. The summed E-state index contributed by atoms with van der Waals surface area (Å²) in [6.07, 6.45) is 43.8. The molecule has 0 radical (unpaired) electrons. The topological polar surface area (TPSA) is 0 Å². The monoisotopic (exact) mass is 551 g/mol. The van der Waals surface area contributed by atoms with Gasteiger partial charge in [-0.1, -0.05) is 188 Å². The van der Waals surface area contributed by atoms with E-state index in [1.54, 1.807) is 0 Å². The molecule has 0 aliphatic carbocycles. The molecular formula is C38H80N+. The van der Waals surface area contributed by atoms with E-state index in [0.29, 0.717) is 0 Å². The molecule has 1 unspecified atom stereocenters. The highest BCUT2D eigenvalue weighted by Crippen LogP contribution is 2.23. The van der Waals surface area contributed by atoms with Gasteiger partial charge in [-0.05, 0) is 25.7 Å². The first-order chi connectivity index (χ1) is 19.1. The van der Waals surface area contributed by atoms with Crippen LogP contribution in [0.2, 0.25) is 0 Å². The van der Waals surface area contributed by atoms with Gasteiger partial charge in [0.05, 0.1) is 27.2 Å². The molecule has 0 N–H and O–H groups in total. The Morgan fingerprint density at radius 3 is 0.897 bits per heavy atom. The fraction of sp³-hybridized carbons (Fsp3) is 1.00. The third-order valence-electron chi connectivity index (χ3n) is 9.30. The molecule has 0 aliphatic rings. The van der Waals surface area contributed by atoms with Crippen molar-refractivity contribution in [3.63, 3.8) is 0 Å². The predicted octanol–water partition coefficient (Wildman–Crippen LogP) is 13.4. The molecule has 0 aromatic rings. The fourth-order valence-electron chi connectivity index (χ4n) is 6.63. The maximum atomic E-state index is 2.53. The van der Waals surface area contributed by atoms with Gasteiger partial charge in [-0.15, -0.1) is 0 Å². The van der Waals surface area contributed by atoms with Crippen LogP contribution < -0.4 is 0 Å². The van der Waals surface area contributed by atoms with Crippen molar-refractivity contribution < 1.29 is 4.48 Å². The average molecular weight is 551 g/mol. The molecule has 1 atom stereocenters. The lowest BCUT2D eigenvalue weighted by molar-refractivity contribution is -0.894. The second-order valence-electron chi connectivity index (χ2n) is 14.1. The predicted molar refractivity (Wildman–Crippen MR) is 181 cm³/mol. The maximum Gasteiger partial charge on any atom is 0.0811 e. The van der Waals surface area contributed by atoms with E-state index in [2.05, 4.69) is 34.9 Å². The molecule has 0 amide bonds. The molecule has 0 heterocycles. The zero-order valence-electron chi connectivity index (χ0n) is 28.7. The van der Waals surface area contributed by atoms with Gasteiger partial charge >= 0.3 is 0 Å². The number of hydrogen-bond acceptors (Lipinski definition) is 0. The Labute approximate surface area is 250 Å². The van der Waals surface area contributed by atoms with E-state index in [-0.39, 0.29) is 0 Å². The largest absolute Gasteiger partial charge is 0.328 e. The molecule has 1 nitrogen and oxygen atoms in total. The van der Waals surface area contributed by atoms with Crippen LogP contribution in [0, 0.1) is 5.92 Å². The molecule has 0 bridgehead atoms. The molecule has 0 rings (SSSR count). The van der Waals surface area contributed by atoms with Crippen LogP contribution in [0.3, 0.4) is 0 Å². The van der Waals surface area contributed by atoms with E-state index in [0.717, 1.165) is 5.92 Å². The summed E-state index contributed by atoms with van der Waals surface area (Å²) in [5, 5.41) is 0. The Morgan fingerprint density at radius 2 is 0.590 bits per heavy atom. The van der Waals surface area contributed by atoms with E-state index in [1.165, 1.54) is 210 Å². The Balaban J connectivity index is 4.17. The van der Waals surface area contributed by atoms with Gasteiger partial charge in [-0.3, -0.25) is 0 Å². The van der Waals surface area contributed by atoms with Crippen LogP contribution in [0.5, 0.6) is 0 Å². The van der Waals surface area contributed by atoms with E-state index in [4.69, 9.17) is 0 Å². The van der Waals surface area contributed by atoms with Gasteiger partial charge in [-0.2, -0.15) is 0 Å². The van der Waals surface area contributed by atoms with Gasteiger partial charge in [0.25, 0.3) is 0 Å². The van der Waals surface area contributed by atoms with Crippen LogP contribution >= 0.6 is 0 Å². The Kier molecular flexibility index (Phi) is 30.9. The van der Waals surface area contributed by atoms with Crippen LogP contribution in [-0.4, -0.2) is 31.7 Å². The maximum absolute atomic E-state index is 2.53.